The van der Waals surface area contributed by atoms with Gasteiger partial charge in [0.1, 0.15) is 0 Å². The van der Waals surface area contributed by atoms with Gasteiger partial charge in [-0.25, -0.2) is 4.79 Å². The molecule has 0 aliphatic heterocycles. The molecular weight excluding hydrogens is 252 g/mol. The van der Waals surface area contributed by atoms with E-state index in [4.69, 9.17) is 4.74 Å². The summed E-state index contributed by atoms with van der Waals surface area (Å²) in [6, 6.07) is 5.83. The second-order valence-corrected chi connectivity index (χ2v) is 10.6. The van der Waals surface area contributed by atoms with E-state index in [-0.39, 0.29) is 5.97 Å². The molecule has 112 valence electrons. The van der Waals surface area contributed by atoms with Crippen LogP contribution in [0.25, 0.3) is 0 Å². The van der Waals surface area contributed by atoms with Crippen molar-refractivity contribution in [3.05, 3.63) is 12.7 Å². The van der Waals surface area contributed by atoms with Crippen LogP contribution in [0.3, 0.4) is 0 Å². The summed E-state index contributed by atoms with van der Waals surface area (Å²) < 4.78 is 5.04. The minimum Gasteiger partial charge on any atom is -0.463 e. The van der Waals surface area contributed by atoms with Crippen molar-refractivity contribution in [3.63, 3.8) is 0 Å². The molecule has 0 radical (unpaired) electrons. The van der Waals surface area contributed by atoms with Crippen LogP contribution in [0.5, 0.6) is 0 Å². The minimum atomic E-state index is -1.04. The van der Waals surface area contributed by atoms with Crippen molar-refractivity contribution in [1.29, 1.82) is 0 Å². The van der Waals surface area contributed by atoms with Gasteiger partial charge >= 0.3 is 5.97 Å². The second-order valence-electron chi connectivity index (χ2n) is 5.58. The van der Waals surface area contributed by atoms with E-state index in [1.807, 2.05) is 0 Å². The van der Waals surface area contributed by atoms with Gasteiger partial charge in [0.2, 0.25) is 0 Å². The summed E-state index contributed by atoms with van der Waals surface area (Å²) in [5, 5.41) is 0. The molecule has 0 amide bonds. The number of esters is 1. The summed E-state index contributed by atoms with van der Waals surface area (Å²) in [6.07, 6.45) is 7.46. The summed E-state index contributed by atoms with van der Waals surface area (Å²) >= 11 is 0. The van der Waals surface area contributed by atoms with E-state index < -0.39 is 8.07 Å². The van der Waals surface area contributed by atoms with E-state index in [0.29, 0.717) is 6.61 Å². The van der Waals surface area contributed by atoms with Crippen LogP contribution in [0, 0.1) is 0 Å². The van der Waals surface area contributed by atoms with Crippen molar-refractivity contribution in [2.24, 2.45) is 0 Å². The molecule has 0 aromatic heterocycles. The van der Waals surface area contributed by atoms with E-state index in [1.165, 1.54) is 55.9 Å². The molecule has 0 aliphatic rings. The highest BCUT2D eigenvalue weighted by Gasteiger charge is 2.28. The van der Waals surface area contributed by atoms with Crippen molar-refractivity contribution in [3.8, 4) is 0 Å². The molecule has 19 heavy (non-hydrogen) atoms. The average Bonchev–Trinajstić information content (AvgIpc) is 2.39. The lowest BCUT2D eigenvalue weighted by molar-refractivity contribution is -0.137. The van der Waals surface area contributed by atoms with Gasteiger partial charge in [-0.05, 0) is 6.42 Å². The Balaban J connectivity index is 4.09. The molecule has 0 rings (SSSR count). The number of carbonyl (C=O) groups is 1. The Morgan fingerprint density at radius 3 is 1.95 bits per heavy atom. The Labute approximate surface area is 120 Å². The Morgan fingerprint density at radius 1 is 1.00 bits per heavy atom. The first-order chi connectivity index (χ1) is 9.14. The number of rotatable bonds is 12. The Bertz CT molecular complexity index is 234. The predicted molar refractivity (Wildman–Crippen MR) is 86.2 cm³/mol. The summed E-state index contributed by atoms with van der Waals surface area (Å²) in [4.78, 5) is 10.9. The highest BCUT2D eigenvalue weighted by atomic mass is 28.3. The van der Waals surface area contributed by atoms with E-state index in [9.17, 15) is 4.79 Å². The molecule has 3 heteroatoms. The lowest BCUT2D eigenvalue weighted by Gasteiger charge is -2.31. The molecule has 0 unspecified atom stereocenters. The molecule has 0 atom stereocenters. The third-order valence-electron chi connectivity index (χ3n) is 3.85. The molecule has 0 aliphatic carbocycles. The topological polar surface area (TPSA) is 26.3 Å². The Hall–Kier alpha value is -0.573. The lowest BCUT2D eigenvalue weighted by Crippen LogP contribution is -2.33. The van der Waals surface area contributed by atoms with Crippen molar-refractivity contribution in [2.75, 3.05) is 6.61 Å². The number of ether oxygens (including phenoxy) is 1. The monoisotopic (exact) mass is 284 g/mol. The molecule has 0 bridgehead atoms. The van der Waals surface area contributed by atoms with Gasteiger partial charge in [0.05, 0.1) is 14.7 Å². The molecule has 0 aromatic rings. The van der Waals surface area contributed by atoms with Crippen LogP contribution in [-0.4, -0.2) is 20.7 Å². The van der Waals surface area contributed by atoms with Crippen LogP contribution < -0.4 is 0 Å². The van der Waals surface area contributed by atoms with Crippen LogP contribution in [-0.2, 0) is 9.53 Å². The number of carbonyl (C=O) groups excluding carboxylic acids is 1. The number of hydrogen-bond donors (Lipinski definition) is 0. The maximum Gasteiger partial charge on any atom is 0.330 e. The van der Waals surface area contributed by atoms with Crippen LogP contribution in [0.15, 0.2) is 12.7 Å². The van der Waals surface area contributed by atoms with Crippen molar-refractivity contribution < 1.29 is 9.53 Å². The zero-order valence-corrected chi connectivity index (χ0v) is 14.2. The molecular formula is C16H32O2Si. The largest absolute Gasteiger partial charge is 0.463 e. The standard InChI is InChI=1S/C16H32O2Si/c1-5-12-19(13-6-2,14-7-3)15-10-9-11-18-16(17)8-4/h8H,4-7,9-15H2,1-3H3. The Morgan fingerprint density at radius 2 is 1.53 bits per heavy atom. The van der Waals surface area contributed by atoms with Gasteiger partial charge in [-0.1, -0.05) is 77.2 Å². The highest BCUT2D eigenvalue weighted by Crippen LogP contribution is 2.31. The molecule has 0 saturated carbocycles. The van der Waals surface area contributed by atoms with Gasteiger partial charge in [0.25, 0.3) is 0 Å². The average molecular weight is 285 g/mol. The van der Waals surface area contributed by atoms with Gasteiger partial charge in [-0.3, -0.25) is 0 Å². The number of hydrogen-bond acceptors (Lipinski definition) is 2. The summed E-state index contributed by atoms with van der Waals surface area (Å²) in [5.41, 5.74) is 0. The van der Waals surface area contributed by atoms with E-state index >= 15 is 0 Å². The molecule has 0 aromatic carbocycles. The van der Waals surface area contributed by atoms with Crippen molar-refractivity contribution in [1.82, 2.24) is 0 Å². The first-order valence-electron chi connectivity index (χ1n) is 7.93. The fourth-order valence-corrected chi connectivity index (χ4v) is 8.86. The summed E-state index contributed by atoms with van der Waals surface area (Å²) in [6.45, 7) is 10.9. The summed E-state index contributed by atoms with van der Waals surface area (Å²) in [7, 11) is -1.04. The SMILES string of the molecule is C=CC(=O)OCCCC[Si](CCC)(CCC)CCC. The molecule has 0 heterocycles. The first-order valence-corrected chi connectivity index (χ1v) is 10.8. The smallest absolute Gasteiger partial charge is 0.330 e. The quantitative estimate of drug-likeness (QED) is 0.214. The van der Waals surface area contributed by atoms with E-state index in [0.717, 1.165) is 6.42 Å². The molecule has 2 nitrogen and oxygen atoms in total. The zero-order chi connectivity index (χ0) is 14.6. The van der Waals surface area contributed by atoms with Crippen LogP contribution in [0.2, 0.25) is 24.2 Å². The van der Waals surface area contributed by atoms with Gasteiger partial charge in [0.15, 0.2) is 0 Å². The molecule has 0 fully saturated rings. The Kier molecular flexibility index (Phi) is 10.9. The molecule has 0 N–H and O–H groups in total. The van der Waals surface area contributed by atoms with Gasteiger partial charge in [-0.2, -0.15) is 0 Å². The second kappa shape index (κ2) is 11.3. The third kappa shape index (κ3) is 8.25. The maximum atomic E-state index is 10.9. The van der Waals surface area contributed by atoms with E-state index in [1.54, 1.807) is 0 Å². The molecule has 0 spiro atoms. The fourth-order valence-electron chi connectivity index (χ4n) is 3.17. The van der Waals surface area contributed by atoms with Gasteiger partial charge in [-0.15, -0.1) is 0 Å². The van der Waals surface area contributed by atoms with Gasteiger partial charge < -0.3 is 4.74 Å². The lowest BCUT2D eigenvalue weighted by atomic mass is 10.3. The normalized spacial score (nSPS) is 11.3. The maximum absolute atomic E-state index is 10.9. The third-order valence-corrected chi connectivity index (χ3v) is 9.95. The van der Waals surface area contributed by atoms with Gasteiger partial charge in [0, 0.05) is 6.08 Å². The van der Waals surface area contributed by atoms with Crippen LogP contribution in [0.1, 0.15) is 52.9 Å². The van der Waals surface area contributed by atoms with Crippen molar-refractivity contribution in [2.45, 2.75) is 77.1 Å². The zero-order valence-electron chi connectivity index (χ0n) is 13.2. The first kappa shape index (κ1) is 18.4. The summed E-state index contributed by atoms with van der Waals surface area (Å²) in [5.74, 6) is -0.292. The fraction of sp³-hybridized carbons (Fsp3) is 0.812. The highest BCUT2D eigenvalue weighted by molar-refractivity contribution is 6.79. The van der Waals surface area contributed by atoms with Crippen LogP contribution >= 0.6 is 0 Å². The van der Waals surface area contributed by atoms with Crippen LogP contribution in [0.4, 0.5) is 0 Å². The van der Waals surface area contributed by atoms with Crippen molar-refractivity contribution >= 4 is 14.0 Å². The number of unbranched alkanes of at least 4 members (excludes halogenated alkanes) is 1. The molecule has 0 saturated heterocycles. The predicted octanol–water partition coefficient (Wildman–Crippen LogP) is 5.17. The minimum absolute atomic E-state index is 0.292. The van der Waals surface area contributed by atoms with E-state index in [2.05, 4.69) is 27.4 Å².